The van der Waals surface area contributed by atoms with Gasteiger partial charge in [-0.25, -0.2) is 0 Å². The van der Waals surface area contributed by atoms with Crippen molar-refractivity contribution in [3.8, 4) is 0 Å². The number of fused-ring (bicyclic) bond motifs is 1. The number of hydrogen-bond donors (Lipinski definition) is 3. The summed E-state index contributed by atoms with van der Waals surface area (Å²) in [6.45, 7) is 0. The first kappa shape index (κ1) is 12.8. The van der Waals surface area contributed by atoms with Crippen LogP contribution < -0.4 is 16.4 Å². The van der Waals surface area contributed by atoms with Crippen LogP contribution in [0.4, 0.5) is 5.69 Å². The molecule has 1 aliphatic carbocycles. The molecule has 0 bridgehead atoms. The largest absolute Gasteiger partial charge is 0.327 e. The van der Waals surface area contributed by atoms with Gasteiger partial charge in [-0.3, -0.25) is 19.7 Å². The van der Waals surface area contributed by atoms with Gasteiger partial charge >= 0.3 is 0 Å². The predicted molar refractivity (Wildman–Crippen MR) is 72.2 cm³/mol. The molecule has 0 aromatic heterocycles. The van der Waals surface area contributed by atoms with Crippen LogP contribution in [-0.4, -0.2) is 23.8 Å². The summed E-state index contributed by atoms with van der Waals surface area (Å²) in [5, 5.41) is 4.92. The van der Waals surface area contributed by atoms with Gasteiger partial charge in [0.2, 0.25) is 5.91 Å². The maximum absolute atomic E-state index is 11.8. The molecular weight excluding hydrogens is 258 g/mol. The van der Waals surface area contributed by atoms with Gasteiger partial charge in [0.25, 0.3) is 11.8 Å². The number of imide groups is 1. The summed E-state index contributed by atoms with van der Waals surface area (Å²) < 4.78 is 0. The van der Waals surface area contributed by atoms with Gasteiger partial charge in [0, 0.05) is 18.2 Å². The molecule has 2 aliphatic rings. The zero-order valence-corrected chi connectivity index (χ0v) is 10.8. The van der Waals surface area contributed by atoms with E-state index in [0.29, 0.717) is 22.7 Å². The highest BCUT2D eigenvalue weighted by atomic mass is 16.2. The van der Waals surface area contributed by atoms with Crippen molar-refractivity contribution < 1.29 is 14.4 Å². The Balaban J connectivity index is 1.69. The molecule has 1 saturated carbocycles. The second-order valence-corrected chi connectivity index (χ2v) is 5.30. The summed E-state index contributed by atoms with van der Waals surface area (Å²) in [7, 11) is 0. The molecule has 0 radical (unpaired) electrons. The molecule has 1 atom stereocenters. The lowest BCUT2D eigenvalue weighted by Crippen LogP contribution is -2.28. The monoisotopic (exact) mass is 273 g/mol. The minimum absolute atomic E-state index is 0.102. The zero-order valence-electron chi connectivity index (χ0n) is 10.8. The number of amides is 3. The lowest BCUT2D eigenvalue weighted by Gasteiger charge is -2.10. The van der Waals surface area contributed by atoms with Crippen LogP contribution >= 0.6 is 0 Å². The van der Waals surface area contributed by atoms with Gasteiger partial charge in [-0.15, -0.1) is 0 Å². The molecule has 1 aromatic carbocycles. The van der Waals surface area contributed by atoms with Crippen LogP contribution in [0.15, 0.2) is 18.2 Å². The van der Waals surface area contributed by atoms with E-state index >= 15 is 0 Å². The molecule has 4 N–H and O–H groups in total. The van der Waals surface area contributed by atoms with E-state index in [-0.39, 0.29) is 18.4 Å². The number of benzene rings is 1. The van der Waals surface area contributed by atoms with Crippen molar-refractivity contribution in [2.45, 2.75) is 25.3 Å². The SMILES string of the molecule is NC(CC(=O)Nc1ccc2c(c1)C(=O)NC2=O)C1CC1. The third kappa shape index (κ3) is 2.42. The Morgan fingerprint density at radius 1 is 1.30 bits per heavy atom. The van der Waals surface area contributed by atoms with Crippen molar-refractivity contribution in [3.63, 3.8) is 0 Å². The average Bonchev–Trinajstić information content (AvgIpc) is 3.18. The molecule has 1 heterocycles. The number of anilines is 1. The Bertz CT molecular complexity index is 608. The lowest BCUT2D eigenvalue weighted by atomic mass is 10.1. The van der Waals surface area contributed by atoms with Crippen LogP contribution in [0.3, 0.4) is 0 Å². The third-order valence-corrected chi connectivity index (χ3v) is 3.67. The molecule has 20 heavy (non-hydrogen) atoms. The van der Waals surface area contributed by atoms with Crippen LogP contribution in [0.5, 0.6) is 0 Å². The first-order chi connectivity index (χ1) is 9.54. The molecule has 1 aromatic rings. The van der Waals surface area contributed by atoms with Crippen LogP contribution in [-0.2, 0) is 4.79 Å². The number of rotatable bonds is 4. The van der Waals surface area contributed by atoms with Crippen molar-refractivity contribution in [2.24, 2.45) is 11.7 Å². The Morgan fingerprint density at radius 2 is 2.00 bits per heavy atom. The fourth-order valence-corrected chi connectivity index (χ4v) is 2.36. The molecule has 6 nitrogen and oxygen atoms in total. The molecule has 3 rings (SSSR count). The molecule has 6 heteroatoms. The summed E-state index contributed by atoms with van der Waals surface area (Å²) >= 11 is 0. The maximum Gasteiger partial charge on any atom is 0.259 e. The molecule has 0 spiro atoms. The minimum Gasteiger partial charge on any atom is -0.327 e. The average molecular weight is 273 g/mol. The summed E-state index contributed by atoms with van der Waals surface area (Å²) in [4.78, 5) is 34.8. The van der Waals surface area contributed by atoms with Crippen LogP contribution in [0.25, 0.3) is 0 Å². The maximum atomic E-state index is 11.8. The molecular formula is C14H15N3O3. The number of nitrogens with two attached hydrogens (primary N) is 1. The predicted octanol–water partition coefficient (Wildman–Crippen LogP) is 0.636. The zero-order chi connectivity index (χ0) is 14.3. The van der Waals surface area contributed by atoms with E-state index in [1.165, 1.54) is 12.1 Å². The van der Waals surface area contributed by atoms with Gasteiger partial charge in [0.1, 0.15) is 0 Å². The Hall–Kier alpha value is -2.21. The van der Waals surface area contributed by atoms with Crippen molar-refractivity contribution in [2.75, 3.05) is 5.32 Å². The van der Waals surface area contributed by atoms with Gasteiger partial charge in [-0.1, -0.05) is 0 Å². The Kier molecular flexibility index (Phi) is 3.02. The molecule has 1 aliphatic heterocycles. The summed E-state index contributed by atoms with van der Waals surface area (Å²) in [5.74, 6) is -0.548. The van der Waals surface area contributed by atoms with Crippen LogP contribution in [0, 0.1) is 5.92 Å². The molecule has 1 unspecified atom stereocenters. The molecule has 1 fully saturated rings. The van der Waals surface area contributed by atoms with E-state index in [9.17, 15) is 14.4 Å². The normalized spacial score (nSPS) is 18.4. The molecule has 104 valence electrons. The standard InChI is InChI=1S/C14H15N3O3/c15-11(7-1-2-7)6-12(18)16-8-3-4-9-10(5-8)14(20)17-13(9)19/h3-5,7,11H,1-2,6,15H2,(H,16,18)(H,17,19,20). The van der Waals surface area contributed by atoms with Gasteiger partial charge < -0.3 is 11.1 Å². The van der Waals surface area contributed by atoms with Gasteiger partial charge in [0.05, 0.1) is 11.1 Å². The summed E-state index contributed by atoms with van der Waals surface area (Å²) in [6, 6.07) is 4.55. The fourth-order valence-electron chi connectivity index (χ4n) is 2.36. The molecule has 0 saturated heterocycles. The lowest BCUT2D eigenvalue weighted by molar-refractivity contribution is -0.116. The van der Waals surface area contributed by atoms with Crippen LogP contribution in [0.1, 0.15) is 40.0 Å². The van der Waals surface area contributed by atoms with Gasteiger partial charge in [0.15, 0.2) is 0 Å². The van der Waals surface area contributed by atoms with E-state index in [0.717, 1.165) is 12.8 Å². The Morgan fingerprint density at radius 3 is 2.70 bits per heavy atom. The number of carbonyl (C=O) groups is 3. The van der Waals surface area contributed by atoms with Crippen molar-refractivity contribution in [1.82, 2.24) is 5.32 Å². The number of hydrogen-bond acceptors (Lipinski definition) is 4. The minimum atomic E-state index is -0.434. The quantitative estimate of drug-likeness (QED) is 0.700. The van der Waals surface area contributed by atoms with Gasteiger partial charge in [-0.05, 0) is 37.0 Å². The summed E-state index contributed by atoms with van der Waals surface area (Å²) in [6.07, 6.45) is 2.46. The Labute approximate surface area is 115 Å². The van der Waals surface area contributed by atoms with Crippen molar-refractivity contribution >= 4 is 23.4 Å². The highest BCUT2D eigenvalue weighted by Crippen LogP contribution is 2.32. The first-order valence-corrected chi connectivity index (χ1v) is 6.60. The smallest absolute Gasteiger partial charge is 0.259 e. The van der Waals surface area contributed by atoms with E-state index < -0.39 is 11.8 Å². The second kappa shape index (κ2) is 4.72. The van der Waals surface area contributed by atoms with Crippen molar-refractivity contribution in [1.29, 1.82) is 0 Å². The van der Waals surface area contributed by atoms with Gasteiger partial charge in [-0.2, -0.15) is 0 Å². The van der Waals surface area contributed by atoms with E-state index in [1.807, 2.05) is 0 Å². The van der Waals surface area contributed by atoms with E-state index in [4.69, 9.17) is 5.73 Å². The summed E-state index contributed by atoms with van der Waals surface area (Å²) in [5.41, 5.74) is 7.02. The second-order valence-electron chi connectivity index (χ2n) is 5.30. The topological polar surface area (TPSA) is 101 Å². The van der Waals surface area contributed by atoms with E-state index in [2.05, 4.69) is 10.6 Å². The fraction of sp³-hybridized carbons (Fsp3) is 0.357. The molecule has 3 amide bonds. The van der Waals surface area contributed by atoms with E-state index in [1.54, 1.807) is 6.07 Å². The highest BCUT2D eigenvalue weighted by molar-refractivity contribution is 6.22. The van der Waals surface area contributed by atoms with Crippen LogP contribution in [0.2, 0.25) is 0 Å². The van der Waals surface area contributed by atoms with Crippen molar-refractivity contribution in [3.05, 3.63) is 29.3 Å². The third-order valence-electron chi connectivity index (χ3n) is 3.67. The first-order valence-electron chi connectivity index (χ1n) is 6.60. The number of nitrogens with one attached hydrogen (secondary N) is 2. The highest BCUT2D eigenvalue weighted by Gasteiger charge is 2.30. The number of carbonyl (C=O) groups excluding carboxylic acids is 3.